The van der Waals surface area contributed by atoms with Gasteiger partial charge in [-0.25, -0.2) is 18.7 Å². The highest BCUT2D eigenvalue weighted by atomic mass is 19.2. The van der Waals surface area contributed by atoms with Crippen molar-refractivity contribution < 1.29 is 18.7 Å². The molecule has 2 aromatic heterocycles. The molecule has 1 atom stereocenters. The van der Waals surface area contributed by atoms with Crippen LogP contribution in [0.3, 0.4) is 0 Å². The fourth-order valence-corrected chi connectivity index (χ4v) is 4.61. The quantitative estimate of drug-likeness (QED) is 0.239. The van der Waals surface area contributed by atoms with Gasteiger partial charge in [0.15, 0.2) is 17.3 Å². The molecule has 0 saturated carbocycles. The van der Waals surface area contributed by atoms with Crippen LogP contribution >= 0.6 is 0 Å². The zero-order valence-corrected chi connectivity index (χ0v) is 22.2. The highest BCUT2D eigenvalue weighted by Gasteiger charge is 2.23. The average Bonchev–Trinajstić information content (AvgIpc) is 2.96. The Kier molecular flexibility index (Phi) is 7.99. The van der Waals surface area contributed by atoms with Crippen LogP contribution in [0.4, 0.5) is 31.8 Å². The molecule has 1 aliphatic rings. The first-order chi connectivity index (χ1) is 19.7. The molecular formula is C28H28F2N8O3. The van der Waals surface area contributed by atoms with Crippen LogP contribution in [0.15, 0.2) is 60.0 Å². The number of aliphatic hydroxyl groups excluding tert-OH is 1. The Balaban J connectivity index is 1.37. The van der Waals surface area contributed by atoms with Gasteiger partial charge in [-0.15, -0.1) is 0 Å². The Bertz CT molecular complexity index is 1670. The van der Waals surface area contributed by atoms with Gasteiger partial charge in [-0.05, 0) is 37.3 Å². The van der Waals surface area contributed by atoms with Gasteiger partial charge in [0.2, 0.25) is 11.9 Å². The van der Waals surface area contributed by atoms with E-state index in [1.807, 2.05) is 0 Å². The minimum Gasteiger partial charge on any atom is -0.392 e. The first kappa shape index (κ1) is 27.8. The summed E-state index contributed by atoms with van der Waals surface area (Å²) in [5.74, 6) is -2.36. The zero-order chi connectivity index (χ0) is 29.1. The number of rotatable bonds is 8. The van der Waals surface area contributed by atoms with E-state index in [0.717, 1.165) is 6.08 Å². The minimum atomic E-state index is -1.09. The van der Waals surface area contributed by atoms with Crippen LogP contribution in [0.25, 0.3) is 22.4 Å². The average molecular weight is 563 g/mol. The Labute approximate surface area is 233 Å². The van der Waals surface area contributed by atoms with Gasteiger partial charge in [-0.3, -0.25) is 14.5 Å². The summed E-state index contributed by atoms with van der Waals surface area (Å²) in [6.45, 7) is 7.90. The van der Waals surface area contributed by atoms with Gasteiger partial charge in [-0.2, -0.15) is 4.98 Å². The summed E-state index contributed by atoms with van der Waals surface area (Å²) >= 11 is 0. The fraction of sp³-hybridized carbons (Fsp3) is 0.250. The third-order valence-electron chi connectivity index (χ3n) is 6.60. The molecule has 4 aromatic rings. The van der Waals surface area contributed by atoms with E-state index in [1.165, 1.54) is 18.3 Å². The van der Waals surface area contributed by atoms with Gasteiger partial charge in [0.25, 0.3) is 5.56 Å². The van der Waals surface area contributed by atoms with Crippen molar-refractivity contribution in [3.8, 4) is 11.4 Å². The van der Waals surface area contributed by atoms with E-state index < -0.39 is 29.2 Å². The first-order valence-electron chi connectivity index (χ1n) is 12.9. The number of H-pyrrole nitrogens is 1. The molecule has 1 fully saturated rings. The number of fused-ring (bicyclic) bond motifs is 1. The summed E-state index contributed by atoms with van der Waals surface area (Å²) in [6, 6.07) is 9.57. The van der Waals surface area contributed by atoms with E-state index in [9.17, 15) is 14.7 Å². The summed E-state index contributed by atoms with van der Waals surface area (Å²) in [7, 11) is 0. The number of carbonyl (C=O) groups excluding carboxylic acids is 1. The number of aromatic nitrogens is 4. The summed E-state index contributed by atoms with van der Waals surface area (Å²) in [4.78, 5) is 43.6. The predicted octanol–water partition coefficient (Wildman–Crippen LogP) is 3.03. The lowest BCUT2D eigenvalue weighted by Gasteiger charge is -2.36. The molecule has 0 aliphatic carbocycles. The molecular weight excluding hydrogens is 534 g/mol. The third-order valence-corrected chi connectivity index (χ3v) is 6.60. The van der Waals surface area contributed by atoms with Gasteiger partial charge in [-0.1, -0.05) is 18.7 Å². The number of halogens is 2. The summed E-state index contributed by atoms with van der Waals surface area (Å²) in [5, 5.41) is 15.0. The Morgan fingerprint density at radius 2 is 1.95 bits per heavy atom. The fourth-order valence-electron chi connectivity index (χ4n) is 4.61. The Morgan fingerprint density at radius 1 is 1.17 bits per heavy atom. The SMILES string of the molecule is C=CC(=O)Nc1cccc(-c2nc3nc(Nc4ccc(N5CCN(CC(C)O)CC5)c(F)c4F)ncc3c(=O)[nH]2)c1. The van der Waals surface area contributed by atoms with Crippen LogP contribution in [0, 0.1) is 11.6 Å². The van der Waals surface area contributed by atoms with Crippen molar-refractivity contribution in [2.45, 2.75) is 13.0 Å². The van der Waals surface area contributed by atoms with E-state index in [1.54, 1.807) is 36.1 Å². The normalized spacial score (nSPS) is 14.6. The predicted molar refractivity (Wildman–Crippen MR) is 152 cm³/mol. The molecule has 41 heavy (non-hydrogen) atoms. The first-order valence-corrected chi connectivity index (χ1v) is 12.9. The van der Waals surface area contributed by atoms with Crippen molar-refractivity contribution in [3.05, 3.63) is 77.2 Å². The maximum Gasteiger partial charge on any atom is 0.262 e. The molecule has 1 aliphatic heterocycles. The summed E-state index contributed by atoms with van der Waals surface area (Å²) < 4.78 is 30.2. The number of anilines is 4. The van der Waals surface area contributed by atoms with E-state index in [4.69, 9.17) is 0 Å². The molecule has 0 bridgehead atoms. The second-order valence-corrected chi connectivity index (χ2v) is 9.64. The van der Waals surface area contributed by atoms with Crippen molar-refractivity contribution in [1.29, 1.82) is 0 Å². The topological polar surface area (TPSA) is 139 Å². The molecule has 0 spiro atoms. The lowest BCUT2D eigenvalue weighted by atomic mass is 10.2. The smallest absolute Gasteiger partial charge is 0.262 e. The van der Waals surface area contributed by atoms with Crippen LogP contribution in [-0.4, -0.2) is 74.7 Å². The number of hydrogen-bond acceptors (Lipinski definition) is 9. The number of aromatic amines is 1. The lowest BCUT2D eigenvalue weighted by molar-refractivity contribution is -0.111. The summed E-state index contributed by atoms with van der Waals surface area (Å²) in [6.07, 6.45) is 1.93. The zero-order valence-electron chi connectivity index (χ0n) is 22.2. The second kappa shape index (κ2) is 11.8. The second-order valence-electron chi connectivity index (χ2n) is 9.64. The molecule has 212 valence electrons. The van der Waals surface area contributed by atoms with Crippen molar-refractivity contribution in [2.75, 3.05) is 48.3 Å². The van der Waals surface area contributed by atoms with Crippen LogP contribution in [0.2, 0.25) is 0 Å². The minimum absolute atomic E-state index is 0.0364. The molecule has 1 unspecified atom stereocenters. The lowest BCUT2D eigenvalue weighted by Crippen LogP contribution is -2.48. The number of nitrogens with zero attached hydrogens (tertiary/aromatic N) is 5. The van der Waals surface area contributed by atoms with Gasteiger partial charge in [0.05, 0.1) is 17.5 Å². The van der Waals surface area contributed by atoms with Crippen molar-refractivity contribution in [3.63, 3.8) is 0 Å². The third kappa shape index (κ3) is 6.21. The summed E-state index contributed by atoms with van der Waals surface area (Å²) in [5.41, 5.74) is 0.501. The van der Waals surface area contributed by atoms with E-state index in [2.05, 4.69) is 42.0 Å². The molecule has 1 saturated heterocycles. The molecule has 13 heteroatoms. The van der Waals surface area contributed by atoms with Crippen molar-refractivity contribution in [1.82, 2.24) is 24.8 Å². The number of amides is 1. The van der Waals surface area contributed by atoms with Gasteiger partial charge < -0.3 is 25.6 Å². The maximum atomic E-state index is 15.1. The van der Waals surface area contributed by atoms with E-state index in [0.29, 0.717) is 44.0 Å². The van der Waals surface area contributed by atoms with E-state index >= 15 is 8.78 Å². The number of piperazine rings is 1. The van der Waals surface area contributed by atoms with Crippen LogP contribution in [-0.2, 0) is 4.79 Å². The Hall–Kier alpha value is -4.75. The molecule has 0 radical (unpaired) electrons. The van der Waals surface area contributed by atoms with Gasteiger partial charge in [0.1, 0.15) is 11.2 Å². The highest BCUT2D eigenvalue weighted by Crippen LogP contribution is 2.29. The number of benzene rings is 2. The Morgan fingerprint density at radius 3 is 2.68 bits per heavy atom. The number of carbonyl (C=O) groups is 1. The maximum absolute atomic E-state index is 15.1. The number of nitrogens with one attached hydrogen (secondary N) is 3. The standard InChI is InChI=1S/C28H28F2N8O3/c1-3-22(40)32-18-6-4-5-17(13-18)25-34-26-19(27(41)35-25)14-31-28(36-26)33-20-7-8-21(24(30)23(20)29)38-11-9-37(10-12-38)15-16(2)39/h3-8,13-14,16,39H,1,9-12,15H2,2H3,(H,32,40)(H2,31,33,34,35,36,41). The van der Waals surface area contributed by atoms with E-state index in [-0.39, 0.29) is 34.2 Å². The van der Waals surface area contributed by atoms with Crippen molar-refractivity contribution >= 4 is 40.0 Å². The van der Waals surface area contributed by atoms with Crippen LogP contribution in [0.5, 0.6) is 0 Å². The number of β-amino-alcohol motifs (C(OH)–C–C–N with tert-alkyl or cyclic N) is 1. The van der Waals surface area contributed by atoms with Crippen molar-refractivity contribution in [2.24, 2.45) is 0 Å². The monoisotopic (exact) mass is 562 g/mol. The number of aliphatic hydroxyl groups is 1. The molecule has 4 N–H and O–H groups in total. The molecule has 1 amide bonds. The molecule has 5 rings (SSSR count). The van der Waals surface area contributed by atoms with Gasteiger partial charge in [0, 0.05) is 50.2 Å². The molecule has 3 heterocycles. The van der Waals surface area contributed by atoms with Crippen LogP contribution in [0.1, 0.15) is 6.92 Å². The molecule has 11 nitrogen and oxygen atoms in total. The number of hydrogen-bond donors (Lipinski definition) is 4. The van der Waals surface area contributed by atoms with Crippen LogP contribution < -0.4 is 21.1 Å². The largest absolute Gasteiger partial charge is 0.392 e. The molecule has 2 aromatic carbocycles. The highest BCUT2D eigenvalue weighted by molar-refractivity contribution is 5.99. The van der Waals surface area contributed by atoms with Gasteiger partial charge >= 0.3 is 0 Å².